The Labute approximate surface area is 189 Å². The van der Waals surface area contributed by atoms with Gasteiger partial charge in [-0.3, -0.25) is 0 Å². The molecule has 3 aromatic heterocycles. The van der Waals surface area contributed by atoms with Crippen LogP contribution in [0.5, 0.6) is 5.75 Å². The lowest BCUT2D eigenvalue weighted by molar-refractivity contribution is 0.420. The maximum atomic E-state index is 15.1. The zero-order valence-electron chi connectivity index (χ0n) is 18.5. The highest BCUT2D eigenvalue weighted by Crippen LogP contribution is 2.42. The van der Waals surface area contributed by atoms with Gasteiger partial charge in [-0.1, -0.05) is 11.3 Å². The Kier molecular flexibility index (Phi) is 4.39. The quantitative estimate of drug-likeness (QED) is 0.381. The van der Waals surface area contributed by atoms with Crippen LogP contribution in [0, 0.1) is 5.82 Å². The molecule has 6 rings (SSSR count). The molecule has 0 unspecified atom stereocenters. The first-order valence-electron chi connectivity index (χ1n) is 11.0. The smallest absolute Gasteiger partial charge is 0.183 e. The number of halogens is 1. The van der Waals surface area contributed by atoms with Crippen LogP contribution >= 0.6 is 0 Å². The van der Waals surface area contributed by atoms with Gasteiger partial charge in [0, 0.05) is 22.7 Å². The zero-order valence-corrected chi connectivity index (χ0v) is 18.5. The van der Waals surface area contributed by atoms with E-state index < -0.39 is 0 Å². The number of methoxy groups -OCH3 is 1. The molecule has 3 heterocycles. The number of nitrogens with zero attached hydrogens (tertiary/aromatic N) is 7. The molecule has 1 aliphatic rings. The van der Waals surface area contributed by atoms with Crippen molar-refractivity contribution in [2.24, 2.45) is 0 Å². The second-order valence-electron chi connectivity index (χ2n) is 8.65. The van der Waals surface area contributed by atoms with Crippen LogP contribution < -0.4 is 4.74 Å². The molecular formula is C24H22FN7O. The van der Waals surface area contributed by atoms with E-state index in [1.807, 2.05) is 21.4 Å². The van der Waals surface area contributed by atoms with E-state index in [4.69, 9.17) is 4.74 Å². The van der Waals surface area contributed by atoms with E-state index in [2.05, 4.69) is 39.3 Å². The van der Waals surface area contributed by atoms with Crippen LogP contribution in [0.25, 0.3) is 44.5 Å². The number of hydrogen-bond acceptors (Lipinski definition) is 6. The summed E-state index contributed by atoms with van der Waals surface area (Å²) in [5, 5.41) is 17.1. The van der Waals surface area contributed by atoms with E-state index in [1.165, 1.54) is 6.07 Å². The molecule has 5 aromatic rings. The van der Waals surface area contributed by atoms with Crippen LogP contribution in [0.2, 0.25) is 0 Å². The average molecular weight is 443 g/mol. The summed E-state index contributed by atoms with van der Waals surface area (Å²) in [6.45, 7) is 4.13. The van der Waals surface area contributed by atoms with Crippen LogP contribution in [-0.2, 0) is 0 Å². The van der Waals surface area contributed by atoms with E-state index in [0.29, 0.717) is 34.1 Å². The number of rotatable bonds is 5. The molecule has 0 atom stereocenters. The molecule has 0 saturated heterocycles. The summed E-state index contributed by atoms with van der Waals surface area (Å²) in [5.41, 5.74) is 5.59. The predicted molar refractivity (Wildman–Crippen MR) is 122 cm³/mol. The second kappa shape index (κ2) is 7.33. The molecule has 0 N–H and O–H groups in total. The first-order valence-corrected chi connectivity index (χ1v) is 11.0. The summed E-state index contributed by atoms with van der Waals surface area (Å²) < 4.78 is 24.7. The summed E-state index contributed by atoms with van der Waals surface area (Å²) in [6, 6.07) is 9.39. The van der Waals surface area contributed by atoms with Crippen molar-refractivity contribution in [1.82, 2.24) is 34.7 Å². The van der Waals surface area contributed by atoms with Crippen molar-refractivity contribution < 1.29 is 9.13 Å². The van der Waals surface area contributed by atoms with Crippen molar-refractivity contribution in [2.45, 2.75) is 38.8 Å². The van der Waals surface area contributed by atoms with Crippen molar-refractivity contribution in [1.29, 1.82) is 0 Å². The molecular weight excluding hydrogens is 421 g/mol. The minimum atomic E-state index is -0.350. The highest BCUT2D eigenvalue weighted by Gasteiger charge is 2.28. The summed E-state index contributed by atoms with van der Waals surface area (Å²) in [6.07, 6.45) is 5.62. The number of aromatic nitrogens is 7. The number of hydrogen-bond donors (Lipinski definition) is 0. The van der Waals surface area contributed by atoms with Gasteiger partial charge in [0.15, 0.2) is 16.9 Å². The SMILES string of the molecule is COc1c(-c2cc(-c3cnnc4c3ncn4C(C)C)ccc2F)ccc2c1nnn2C1CC1. The van der Waals surface area contributed by atoms with Gasteiger partial charge in [-0.25, -0.2) is 14.1 Å². The fraction of sp³-hybridized carbons (Fsp3) is 0.292. The van der Waals surface area contributed by atoms with E-state index in [9.17, 15) is 0 Å². The molecule has 8 nitrogen and oxygen atoms in total. The molecule has 2 aromatic carbocycles. The fourth-order valence-electron chi connectivity index (χ4n) is 4.33. The first kappa shape index (κ1) is 19.8. The summed E-state index contributed by atoms with van der Waals surface area (Å²) in [5.74, 6) is 0.162. The molecule has 0 bridgehead atoms. The van der Waals surface area contributed by atoms with Gasteiger partial charge in [0.05, 0.1) is 31.2 Å². The van der Waals surface area contributed by atoms with Gasteiger partial charge in [-0.2, -0.15) is 5.10 Å². The number of imidazole rings is 1. The average Bonchev–Trinajstić information content (AvgIpc) is 3.41. The van der Waals surface area contributed by atoms with Crippen LogP contribution in [-0.4, -0.2) is 41.9 Å². The molecule has 33 heavy (non-hydrogen) atoms. The van der Waals surface area contributed by atoms with Gasteiger partial charge < -0.3 is 9.30 Å². The normalized spacial score (nSPS) is 14.0. The van der Waals surface area contributed by atoms with E-state index in [0.717, 1.165) is 35.0 Å². The summed E-state index contributed by atoms with van der Waals surface area (Å²) in [7, 11) is 1.57. The van der Waals surface area contributed by atoms with E-state index >= 15 is 4.39 Å². The molecule has 9 heteroatoms. The highest BCUT2D eigenvalue weighted by molar-refractivity contribution is 5.93. The van der Waals surface area contributed by atoms with Gasteiger partial charge in [0.25, 0.3) is 0 Å². The fourth-order valence-corrected chi connectivity index (χ4v) is 4.33. The summed E-state index contributed by atoms with van der Waals surface area (Å²) >= 11 is 0. The van der Waals surface area contributed by atoms with E-state index in [-0.39, 0.29) is 11.9 Å². The topological polar surface area (TPSA) is 83.5 Å². The first-order chi connectivity index (χ1) is 16.1. The van der Waals surface area contributed by atoms with Gasteiger partial charge >= 0.3 is 0 Å². The lowest BCUT2D eigenvalue weighted by atomic mass is 9.98. The van der Waals surface area contributed by atoms with Gasteiger partial charge in [-0.15, -0.1) is 10.2 Å². The van der Waals surface area contributed by atoms with Crippen molar-refractivity contribution in [3.8, 4) is 28.0 Å². The summed E-state index contributed by atoms with van der Waals surface area (Å²) in [4.78, 5) is 4.56. The maximum Gasteiger partial charge on any atom is 0.183 e. The Balaban J connectivity index is 1.52. The zero-order chi connectivity index (χ0) is 22.7. The van der Waals surface area contributed by atoms with Crippen LogP contribution in [0.1, 0.15) is 38.8 Å². The monoisotopic (exact) mass is 443 g/mol. The Bertz CT molecular complexity index is 1520. The van der Waals surface area contributed by atoms with Gasteiger partial charge in [0.1, 0.15) is 11.3 Å². The number of benzene rings is 2. The molecule has 0 aliphatic heterocycles. The van der Waals surface area contributed by atoms with Crippen molar-refractivity contribution >= 4 is 22.2 Å². The molecule has 166 valence electrons. The molecule has 1 aliphatic carbocycles. The molecule has 1 saturated carbocycles. The number of fused-ring (bicyclic) bond motifs is 2. The molecule has 0 radical (unpaired) electrons. The molecule has 0 amide bonds. The van der Waals surface area contributed by atoms with Crippen LogP contribution in [0.15, 0.2) is 42.9 Å². The lowest BCUT2D eigenvalue weighted by Gasteiger charge is -2.12. The standard InChI is InChI=1S/C24H22FN7O/c1-13(2)31-12-26-21-18(11-27-29-24(21)31)14-4-8-19(25)17(10-14)16-7-9-20-22(23(16)33-3)28-30-32(20)15-5-6-15/h4,7-13,15H,5-6H2,1-3H3. The minimum Gasteiger partial charge on any atom is -0.494 e. The third-order valence-corrected chi connectivity index (χ3v) is 6.18. The highest BCUT2D eigenvalue weighted by atomic mass is 19.1. The Morgan fingerprint density at radius 3 is 2.64 bits per heavy atom. The Morgan fingerprint density at radius 1 is 1.03 bits per heavy atom. The third-order valence-electron chi connectivity index (χ3n) is 6.18. The largest absolute Gasteiger partial charge is 0.494 e. The Hall–Kier alpha value is -3.88. The van der Waals surface area contributed by atoms with Crippen molar-refractivity contribution in [3.63, 3.8) is 0 Å². The number of ether oxygens (including phenoxy) is 1. The third kappa shape index (κ3) is 3.06. The van der Waals surface area contributed by atoms with Gasteiger partial charge in [0.2, 0.25) is 0 Å². The maximum absolute atomic E-state index is 15.1. The predicted octanol–water partition coefficient (Wildman–Crippen LogP) is 4.97. The second-order valence-corrected chi connectivity index (χ2v) is 8.65. The minimum absolute atomic E-state index is 0.198. The van der Waals surface area contributed by atoms with Gasteiger partial charge in [-0.05, 0) is 56.5 Å². The lowest BCUT2D eigenvalue weighted by Crippen LogP contribution is -2.00. The van der Waals surface area contributed by atoms with E-state index in [1.54, 1.807) is 31.8 Å². The Morgan fingerprint density at radius 2 is 1.88 bits per heavy atom. The van der Waals surface area contributed by atoms with Crippen molar-refractivity contribution in [2.75, 3.05) is 7.11 Å². The van der Waals surface area contributed by atoms with Crippen molar-refractivity contribution in [3.05, 3.63) is 48.7 Å². The van der Waals surface area contributed by atoms with Crippen LogP contribution in [0.3, 0.4) is 0 Å². The van der Waals surface area contributed by atoms with Crippen LogP contribution in [0.4, 0.5) is 4.39 Å². The molecule has 0 spiro atoms. The molecule has 1 fully saturated rings.